The molecule has 4 nitrogen and oxygen atoms in total. The first-order chi connectivity index (χ1) is 12.1. The number of hydrogen-bond donors (Lipinski definition) is 2. The molecule has 0 unspecified atom stereocenters. The molecule has 0 bridgehead atoms. The van der Waals surface area contributed by atoms with E-state index in [1.807, 2.05) is 42.5 Å². The molecule has 130 valence electrons. The number of benzene rings is 2. The van der Waals surface area contributed by atoms with E-state index in [1.165, 1.54) is 17.3 Å². The van der Waals surface area contributed by atoms with Gasteiger partial charge in [-0.25, -0.2) is 0 Å². The van der Waals surface area contributed by atoms with Gasteiger partial charge < -0.3 is 10.6 Å². The molecule has 1 atom stereocenters. The summed E-state index contributed by atoms with van der Waals surface area (Å²) in [5.74, 6) is 0.634. The monoisotopic (exact) mass is 353 g/mol. The number of hydrogen-bond acceptors (Lipinski definition) is 4. The molecule has 5 heteroatoms. The molecular weight excluding hydrogens is 330 g/mol. The van der Waals surface area contributed by atoms with Gasteiger partial charge in [-0.15, -0.1) is 11.8 Å². The fourth-order valence-corrected chi connectivity index (χ4v) is 3.27. The minimum Gasteiger partial charge on any atom is -0.324 e. The van der Waals surface area contributed by atoms with Gasteiger partial charge in [0.25, 0.3) is 0 Å². The molecule has 2 aromatic rings. The first kappa shape index (κ1) is 19.0. The molecule has 0 spiro atoms. The third-order valence-electron chi connectivity index (χ3n) is 3.76. The van der Waals surface area contributed by atoms with Gasteiger partial charge in [-0.2, -0.15) is 5.26 Å². The van der Waals surface area contributed by atoms with Crippen LogP contribution in [0, 0.1) is 17.2 Å². The average molecular weight is 353 g/mol. The number of amides is 1. The zero-order valence-corrected chi connectivity index (χ0v) is 15.3. The van der Waals surface area contributed by atoms with Crippen molar-refractivity contribution in [2.75, 3.05) is 17.6 Å². The van der Waals surface area contributed by atoms with Gasteiger partial charge in [-0.3, -0.25) is 4.79 Å². The summed E-state index contributed by atoms with van der Waals surface area (Å²) in [5.41, 5.74) is 1.92. The minimum absolute atomic E-state index is 0.0911. The lowest BCUT2D eigenvalue weighted by Gasteiger charge is -2.23. The Kier molecular flexibility index (Phi) is 7.52. The molecule has 2 aromatic carbocycles. The second-order valence-electron chi connectivity index (χ2n) is 6.00. The summed E-state index contributed by atoms with van der Waals surface area (Å²) in [7, 11) is 0. The lowest BCUT2D eigenvalue weighted by Crippen LogP contribution is -2.33. The van der Waals surface area contributed by atoms with E-state index in [1.54, 1.807) is 0 Å². The van der Waals surface area contributed by atoms with Crippen LogP contribution in [0.1, 0.15) is 25.5 Å². The largest absolute Gasteiger partial charge is 0.324 e. The predicted molar refractivity (Wildman–Crippen MR) is 103 cm³/mol. The first-order valence-electron chi connectivity index (χ1n) is 8.28. The number of rotatable bonds is 8. The SMILES string of the molecule is CC(C)[C@@H](NCC(=O)Nc1ccccc1SCC#N)c1ccccc1. The van der Waals surface area contributed by atoms with Crippen molar-refractivity contribution in [3.05, 3.63) is 60.2 Å². The maximum atomic E-state index is 12.3. The zero-order valence-electron chi connectivity index (χ0n) is 14.5. The molecule has 0 fully saturated rings. The zero-order chi connectivity index (χ0) is 18.1. The molecule has 2 N–H and O–H groups in total. The number of nitrogens with zero attached hydrogens (tertiary/aromatic N) is 1. The average Bonchev–Trinajstić information content (AvgIpc) is 2.62. The summed E-state index contributed by atoms with van der Waals surface area (Å²) in [6.45, 7) is 4.50. The van der Waals surface area contributed by atoms with Crippen molar-refractivity contribution in [3.63, 3.8) is 0 Å². The Hall–Kier alpha value is -2.29. The molecule has 1 amide bonds. The van der Waals surface area contributed by atoms with E-state index in [2.05, 4.69) is 42.7 Å². The fraction of sp³-hybridized carbons (Fsp3) is 0.300. The van der Waals surface area contributed by atoms with E-state index in [-0.39, 0.29) is 18.5 Å². The number of anilines is 1. The maximum Gasteiger partial charge on any atom is 0.238 e. The Bertz CT molecular complexity index is 725. The van der Waals surface area contributed by atoms with E-state index >= 15 is 0 Å². The highest BCUT2D eigenvalue weighted by Crippen LogP contribution is 2.26. The summed E-state index contributed by atoms with van der Waals surface area (Å²) in [6.07, 6.45) is 0. The second-order valence-corrected chi connectivity index (χ2v) is 7.02. The maximum absolute atomic E-state index is 12.3. The van der Waals surface area contributed by atoms with E-state index in [0.717, 1.165) is 10.6 Å². The lowest BCUT2D eigenvalue weighted by molar-refractivity contribution is -0.115. The van der Waals surface area contributed by atoms with Crippen LogP contribution in [-0.4, -0.2) is 18.2 Å². The smallest absolute Gasteiger partial charge is 0.238 e. The van der Waals surface area contributed by atoms with Crippen molar-refractivity contribution in [1.29, 1.82) is 5.26 Å². The molecule has 0 aliphatic carbocycles. The van der Waals surface area contributed by atoms with Gasteiger partial charge in [0.1, 0.15) is 0 Å². The Labute approximate surface area is 153 Å². The molecule has 0 aliphatic heterocycles. The van der Waals surface area contributed by atoms with Gasteiger partial charge in [0.2, 0.25) is 5.91 Å². The van der Waals surface area contributed by atoms with Crippen LogP contribution < -0.4 is 10.6 Å². The number of para-hydroxylation sites is 1. The summed E-state index contributed by atoms with van der Waals surface area (Å²) in [6, 6.07) is 19.9. The summed E-state index contributed by atoms with van der Waals surface area (Å²) >= 11 is 1.42. The summed E-state index contributed by atoms with van der Waals surface area (Å²) in [4.78, 5) is 13.3. The van der Waals surface area contributed by atoms with Gasteiger partial charge >= 0.3 is 0 Å². The third kappa shape index (κ3) is 5.93. The molecular formula is C20H23N3OS. The molecule has 0 radical (unpaired) electrons. The van der Waals surface area contributed by atoms with Crippen LogP contribution in [0.25, 0.3) is 0 Å². The lowest BCUT2D eigenvalue weighted by atomic mass is 9.96. The van der Waals surface area contributed by atoms with Crippen molar-refractivity contribution in [2.45, 2.75) is 24.8 Å². The predicted octanol–water partition coefficient (Wildman–Crippen LogP) is 4.23. The van der Waals surface area contributed by atoms with Gasteiger partial charge in [0, 0.05) is 10.9 Å². The highest BCUT2D eigenvalue weighted by atomic mass is 32.2. The number of carbonyl (C=O) groups excluding carboxylic acids is 1. The number of thioether (sulfide) groups is 1. The van der Waals surface area contributed by atoms with Crippen molar-refractivity contribution in [3.8, 4) is 6.07 Å². The molecule has 0 saturated heterocycles. The van der Waals surface area contributed by atoms with E-state index in [4.69, 9.17) is 5.26 Å². The van der Waals surface area contributed by atoms with Crippen molar-refractivity contribution < 1.29 is 4.79 Å². The number of nitriles is 1. The fourth-order valence-electron chi connectivity index (χ4n) is 2.60. The van der Waals surface area contributed by atoms with Crippen LogP contribution in [0.15, 0.2) is 59.5 Å². The Morgan fingerprint density at radius 1 is 1.12 bits per heavy atom. The van der Waals surface area contributed by atoms with Gasteiger partial charge in [0.15, 0.2) is 0 Å². The standard InChI is InChI=1S/C20H23N3OS/c1-15(2)20(16-8-4-3-5-9-16)22-14-19(24)23-17-10-6-7-11-18(17)25-13-12-21/h3-11,15,20,22H,13-14H2,1-2H3,(H,23,24)/t20-/m1/s1. The van der Waals surface area contributed by atoms with Crippen molar-refractivity contribution in [2.24, 2.45) is 5.92 Å². The van der Waals surface area contributed by atoms with Crippen LogP contribution in [0.3, 0.4) is 0 Å². The Morgan fingerprint density at radius 2 is 1.80 bits per heavy atom. The highest BCUT2D eigenvalue weighted by Gasteiger charge is 2.16. The molecule has 0 heterocycles. The molecule has 2 rings (SSSR count). The van der Waals surface area contributed by atoms with Crippen LogP contribution in [0.4, 0.5) is 5.69 Å². The van der Waals surface area contributed by atoms with Crippen LogP contribution in [0.2, 0.25) is 0 Å². The number of nitrogens with one attached hydrogen (secondary N) is 2. The normalized spacial score (nSPS) is 11.8. The minimum atomic E-state index is -0.0911. The van der Waals surface area contributed by atoms with Gasteiger partial charge in [-0.1, -0.05) is 56.3 Å². The van der Waals surface area contributed by atoms with Crippen molar-refractivity contribution in [1.82, 2.24) is 5.32 Å². The Morgan fingerprint density at radius 3 is 2.48 bits per heavy atom. The summed E-state index contributed by atoms with van der Waals surface area (Å²) in [5, 5.41) is 15.0. The number of carbonyl (C=O) groups is 1. The first-order valence-corrected chi connectivity index (χ1v) is 9.27. The quantitative estimate of drug-likeness (QED) is 0.697. The van der Waals surface area contributed by atoms with Crippen LogP contribution in [0.5, 0.6) is 0 Å². The molecule has 0 saturated carbocycles. The molecule has 0 aromatic heterocycles. The van der Waals surface area contributed by atoms with E-state index in [9.17, 15) is 4.79 Å². The third-order valence-corrected chi connectivity index (χ3v) is 4.70. The van der Waals surface area contributed by atoms with Crippen molar-refractivity contribution >= 4 is 23.4 Å². The van der Waals surface area contributed by atoms with Crippen LogP contribution in [-0.2, 0) is 4.79 Å². The van der Waals surface area contributed by atoms with Gasteiger partial charge in [0.05, 0.1) is 24.1 Å². The topological polar surface area (TPSA) is 64.9 Å². The highest BCUT2D eigenvalue weighted by molar-refractivity contribution is 7.99. The molecule has 25 heavy (non-hydrogen) atoms. The van der Waals surface area contributed by atoms with E-state index in [0.29, 0.717) is 11.7 Å². The van der Waals surface area contributed by atoms with E-state index < -0.39 is 0 Å². The summed E-state index contributed by atoms with van der Waals surface area (Å²) < 4.78 is 0. The van der Waals surface area contributed by atoms with Gasteiger partial charge in [-0.05, 0) is 23.6 Å². The molecule has 0 aliphatic rings. The second kappa shape index (κ2) is 9.87. The Balaban J connectivity index is 1.97. The van der Waals surface area contributed by atoms with Crippen LogP contribution >= 0.6 is 11.8 Å².